The Balaban J connectivity index is 1.57. The van der Waals surface area contributed by atoms with E-state index < -0.39 is 35.3 Å². The highest BCUT2D eigenvalue weighted by molar-refractivity contribution is 6.17. The van der Waals surface area contributed by atoms with Gasteiger partial charge in [0.25, 0.3) is 5.91 Å². The van der Waals surface area contributed by atoms with Crippen LogP contribution in [0.3, 0.4) is 0 Å². The monoisotopic (exact) mass is 548 g/mol. The van der Waals surface area contributed by atoms with E-state index in [1.165, 1.54) is 30.4 Å². The lowest BCUT2D eigenvalue weighted by molar-refractivity contribution is -0.142. The lowest BCUT2D eigenvalue weighted by Crippen LogP contribution is -2.37. The molecule has 0 saturated carbocycles. The van der Waals surface area contributed by atoms with Gasteiger partial charge in [-0.3, -0.25) is 14.8 Å². The Bertz CT molecular complexity index is 1210. The molecule has 2 aromatic rings. The number of halogens is 3. The average molecular weight is 549 g/mol. The van der Waals surface area contributed by atoms with Gasteiger partial charge in [0.15, 0.2) is 0 Å². The lowest BCUT2D eigenvalue weighted by Gasteiger charge is -2.30. The third-order valence-electron chi connectivity index (χ3n) is 6.88. The number of H-pyrrole nitrogens is 1. The molecule has 1 fully saturated rings. The number of alkyl halides is 3. The third kappa shape index (κ3) is 6.63. The number of fused-ring (bicyclic) bond motifs is 1. The Morgan fingerprint density at radius 1 is 1.10 bits per heavy atom. The molecule has 1 aromatic heterocycles. The molecule has 1 saturated heterocycles. The van der Waals surface area contributed by atoms with Gasteiger partial charge in [-0.2, -0.15) is 18.3 Å². The van der Waals surface area contributed by atoms with Crippen molar-refractivity contribution in [3.8, 4) is 5.75 Å². The topological polar surface area (TPSA) is 87.8 Å². The van der Waals surface area contributed by atoms with E-state index in [0.29, 0.717) is 17.9 Å². The summed E-state index contributed by atoms with van der Waals surface area (Å²) in [4.78, 5) is 30.1. The molecule has 0 aliphatic carbocycles. The van der Waals surface area contributed by atoms with E-state index in [4.69, 9.17) is 9.47 Å². The molecule has 0 radical (unpaired) electrons. The second-order valence-electron chi connectivity index (χ2n) is 10.9. The van der Waals surface area contributed by atoms with Gasteiger partial charge in [-0.15, -0.1) is 0 Å². The van der Waals surface area contributed by atoms with Gasteiger partial charge in [0.05, 0.1) is 6.10 Å². The maximum absolute atomic E-state index is 13.9. The van der Waals surface area contributed by atoms with Crippen LogP contribution in [0.5, 0.6) is 5.75 Å². The van der Waals surface area contributed by atoms with Crippen molar-refractivity contribution < 1.29 is 32.2 Å². The predicted molar refractivity (Wildman–Crippen MR) is 139 cm³/mol. The standard InChI is InChI=1S/C28H35F3N4O4/c1-18(2)39-26(37)21-16-35(17-27(3,4)22-23(21)32-33-24(22)28(29,30)31)25(36)19-8-10-20(11-9-19)38-15-14-34-12-6-5-7-13-34/h8-11,16,18H,5-7,12-15,17H2,1-4H3,(H,32,33). The predicted octanol–water partition coefficient (Wildman–Crippen LogP) is 5.02. The van der Waals surface area contributed by atoms with Crippen molar-refractivity contribution in [3.05, 3.63) is 53.0 Å². The molecule has 39 heavy (non-hydrogen) atoms. The Kier molecular flexibility index (Phi) is 8.39. The second kappa shape index (κ2) is 11.4. The van der Waals surface area contributed by atoms with Crippen molar-refractivity contribution in [3.63, 3.8) is 0 Å². The Morgan fingerprint density at radius 3 is 2.38 bits per heavy atom. The molecule has 8 nitrogen and oxygen atoms in total. The average Bonchev–Trinajstić information content (AvgIpc) is 3.29. The van der Waals surface area contributed by atoms with Crippen molar-refractivity contribution in [2.75, 3.05) is 32.8 Å². The summed E-state index contributed by atoms with van der Waals surface area (Å²) in [6.07, 6.45) is -0.338. The molecule has 2 aliphatic heterocycles. The van der Waals surface area contributed by atoms with Gasteiger partial charge in [0, 0.05) is 35.8 Å². The fourth-order valence-corrected chi connectivity index (χ4v) is 5.06. The first-order valence-electron chi connectivity index (χ1n) is 13.2. The van der Waals surface area contributed by atoms with E-state index in [9.17, 15) is 22.8 Å². The molecule has 1 amide bonds. The minimum Gasteiger partial charge on any atom is -0.492 e. The summed E-state index contributed by atoms with van der Waals surface area (Å²) in [7, 11) is 0. The van der Waals surface area contributed by atoms with Crippen LogP contribution in [-0.2, 0) is 21.1 Å². The summed E-state index contributed by atoms with van der Waals surface area (Å²) in [5, 5.41) is 5.91. The highest BCUT2D eigenvalue weighted by atomic mass is 19.4. The van der Waals surface area contributed by atoms with Crippen LogP contribution in [0.25, 0.3) is 5.57 Å². The number of aromatic amines is 1. The highest BCUT2D eigenvalue weighted by Gasteiger charge is 2.46. The molecule has 0 atom stereocenters. The van der Waals surface area contributed by atoms with Crippen LogP contribution in [-0.4, -0.2) is 70.8 Å². The molecule has 0 unspecified atom stereocenters. The summed E-state index contributed by atoms with van der Waals surface area (Å²) in [6, 6.07) is 6.60. The Hall–Kier alpha value is -3.34. The quantitative estimate of drug-likeness (QED) is 0.489. The second-order valence-corrected chi connectivity index (χ2v) is 10.9. The minimum absolute atomic E-state index is 0.117. The van der Waals surface area contributed by atoms with Crippen molar-refractivity contribution in [1.29, 1.82) is 0 Å². The van der Waals surface area contributed by atoms with Crippen molar-refractivity contribution in [2.45, 2.75) is 64.7 Å². The van der Waals surface area contributed by atoms with E-state index in [-0.39, 0.29) is 23.4 Å². The van der Waals surface area contributed by atoms with E-state index >= 15 is 0 Å². The van der Waals surface area contributed by atoms with Gasteiger partial charge in [0.2, 0.25) is 0 Å². The normalized spacial score (nSPS) is 17.8. The number of carbonyl (C=O) groups is 2. The fraction of sp³-hybridized carbons (Fsp3) is 0.536. The molecule has 0 bridgehead atoms. The van der Waals surface area contributed by atoms with E-state index in [0.717, 1.165) is 19.6 Å². The van der Waals surface area contributed by atoms with Crippen LogP contribution in [0.2, 0.25) is 0 Å². The largest absolute Gasteiger partial charge is 0.492 e. The van der Waals surface area contributed by atoms with Gasteiger partial charge in [-0.05, 0) is 64.0 Å². The first-order valence-corrected chi connectivity index (χ1v) is 13.2. The summed E-state index contributed by atoms with van der Waals surface area (Å²) >= 11 is 0. The molecule has 3 heterocycles. The molecule has 4 rings (SSSR count). The maximum atomic E-state index is 13.9. The number of likely N-dealkylation sites (tertiary alicyclic amines) is 1. The Labute approximate surface area is 226 Å². The lowest BCUT2D eigenvalue weighted by atomic mass is 9.81. The molecule has 212 valence electrons. The number of hydrogen-bond acceptors (Lipinski definition) is 6. The van der Waals surface area contributed by atoms with Gasteiger partial charge < -0.3 is 14.4 Å². The Morgan fingerprint density at radius 2 is 1.77 bits per heavy atom. The van der Waals surface area contributed by atoms with Crippen LogP contribution in [0.15, 0.2) is 30.5 Å². The first kappa shape index (κ1) is 28.7. The van der Waals surface area contributed by atoms with Crippen molar-refractivity contribution >= 4 is 17.4 Å². The zero-order valence-corrected chi connectivity index (χ0v) is 22.7. The number of nitrogens with one attached hydrogen (secondary N) is 1. The first-order chi connectivity index (χ1) is 18.4. The van der Waals surface area contributed by atoms with Crippen molar-refractivity contribution in [2.24, 2.45) is 0 Å². The van der Waals surface area contributed by atoms with Crippen LogP contribution < -0.4 is 4.74 Å². The minimum atomic E-state index is -4.73. The molecular weight excluding hydrogens is 513 g/mol. The van der Waals surface area contributed by atoms with Crippen molar-refractivity contribution in [1.82, 2.24) is 20.0 Å². The molecular formula is C28H35F3N4O4. The number of esters is 1. The summed E-state index contributed by atoms with van der Waals surface area (Å²) in [6.45, 7) is 9.83. The van der Waals surface area contributed by atoms with Crippen LogP contribution in [0, 0.1) is 0 Å². The number of amides is 1. The number of piperidine rings is 1. The number of rotatable bonds is 7. The number of carbonyl (C=O) groups excluding carboxylic acids is 2. The van der Waals surface area contributed by atoms with Gasteiger partial charge >= 0.3 is 12.1 Å². The smallest absolute Gasteiger partial charge is 0.433 e. The van der Waals surface area contributed by atoms with Gasteiger partial charge in [-0.25, -0.2) is 4.79 Å². The zero-order chi connectivity index (χ0) is 28.4. The van der Waals surface area contributed by atoms with Gasteiger partial charge in [0.1, 0.15) is 29.3 Å². The summed E-state index contributed by atoms with van der Waals surface area (Å²) < 4.78 is 52.8. The maximum Gasteiger partial charge on any atom is 0.433 e. The summed E-state index contributed by atoms with van der Waals surface area (Å²) in [5.41, 5.74) is -2.52. The van der Waals surface area contributed by atoms with Crippen LogP contribution in [0.1, 0.15) is 74.3 Å². The number of aromatic nitrogens is 2. The molecule has 1 aromatic carbocycles. The molecule has 0 spiro atoms. The number of ether oxygens (including phenoxy) is 2. The van der Waals surface area contributed by atoms with E-state index in [2.05, 4.69) is 15.1 Å². The highest BCUT2D eigenvalue weighted by Crippen LogP contribution is 2.42. The number of nitrogens with zero attached hydrogens (tertiary/aromatic N) is 3. The number of benzene rings is 1. The molecule has 1 N–H and O–H groups in total. The third-order valence-corrected chi connectivity index (χ3v) is 6.88. The van der Waals surface area contributed by atoms with Crippen LogP contribution >= 0.6 is 0 Å². The number of hydrogen-bond donors (Lipinski definition) is 1. The SMILES string of the molecule is CC(C)OC(=O)C1=CN(C(=O)c2ccc(OCCN3CCCCC3)cc2)CC(C)(C)c2c1n[nH]c2C(F)(F)F. The van der Waals surface area contributed by atoms with Gasteiger partial charge in [-0.1, -0.05) is 20.3 Å². The van der Waals surface area contributed by atoms with Crippen LogP contribution in [0.4, 0.5) is 13.2 Å². The zero-order valence-electron chi connectivity index (χ0n) is 22.7. The summed E-state index contributed by atoms with van der Waals surface area (Å²) in [5.74, 6) is -0.716. The molecule has 11 heteroatoms. The van der Waals surface area contributed by atoms with E-state index in [1.807, 2.05) is 0 Å². The van der Waals surface area contributed by atoms with E-state index in [1.54, 1.807) is 52.0 Å². The fourth-order valence-electron chi connectivity index (χ4n) is 5.06. The molecule has 2 aliphatic rings.